The number of aromatic nitrogens is 5. The second-order valence-corrected chi connectivity index (χ2v) is 9.24. The van der Waals surface area contributed by atoms with Crippen molar-refractivity contribution in [1.29, 1.82) is 0 Å². The monoisotopic (exact) mass is 459 g/mol. The first-order valence-corrected chi connectivity index (χ1v) is 11.3. The predicted octanol–water partition coefficient (Wildman–Crippen LogP) is 3.16. The first-order valence-electron chi connectivity index (χ1n) is 11.3. The van der Waals surface area contributed by atoms with Gasteiger partial charge in [-0.2, -0.15) is 0 Å². The third-order valence-electron chi connectivity index (χ3n) is 7.48. The standard InChI is InChI=1S/C25H22FN5O3/c1-12-19-8-7-17-20(18-11-27-24(33)31-23(18)32)29-13(2)30-22(17)25(19,9-14-10-28-34-21(12)14)15-3-5-16(26)6-4-15/h3-6,10-12,19H,7-9H2,1-2H3,(H2,27,31,32,33)/t12-,19-,25+/m0/s1. The van der Waals surface area contributed by atoms with Crippen LogP contribution in [-0.4, -0.2) is 25.1 Å². The van der Waals surface area contributed by atoms with Gasteiger partial charge >= 0.3 is 5.69 Å². The van der Waals surface area contributed by atoms with Gasteiger partial charge in [-0.25, -0.2) is 19.2 Å². The largest absolute Gasteiger partial charge is 0.361 e. The quantitative estimate of drug-likeness (QED) is 0.476. The Kier molecular flexibility index (Phi) is 4.45. The lowest BCUT2D eigenvalue weighted by Gasteiger charge is -2.50. The van der Waals surface area contributed by atoms with Crippen molar-refractivity contribution in [1.82, 2.24) is 25.1 Å². The highest BCUT2D eigenvalue weighted by molar-refractivity contribution is 5.65. The van der Waals surface area contributed by atoms with Gasteiger partial charge in [-0.05, 0) is 49.8 Å². The van der Waals surface area contributed by atoms with Gasteiger partial charge in [0.2, 0.25) is 0 Å². The highest BCUT2D eigenvalue weighted by atomic mass is 19.1. The fourth-order valence-corrected chi connectivity index (χ4v) is 6.08. The van der Waals surface area contributed by atoms with Crippen molar-refractivity contribution in [2.75, 3.05) is 0 Å². The Morgan fingerprint density at radius 1 is 1.18 bits per heavy atom. The van der Waals surface area contributed by atoms with E-state index in [0.717, 1.165) is 34.6 Å². The lowest BCUT2D eigenvalue weighted by atomic mass is 9.53. The van der Waals surface area contributed by atoms with Crippen LogP contribution in [0.5, 0.6) is 0 Å². The molecule has 0 amide bonds. The summed E-state index contributed by atoms with van der Waals surface area (Å²) in [5.41, 5.74) is 2.83. The summed E-state index contributed by atoms with van der Waals surface area (Å²) in [4.78, 5) is 38.7. The number of benzene rings is 1. The van der Waals surface area contributed by atoms with Gasteiger partial charge in [0, 0.05) is 28.7 Å². The first kappa shape index (κ1) is 20.7. The first-order chi connectivity index (χ1) is 16.4. The molecule has 0 radical (unpaired) electrons. The summed E-state index contributed by atoms with van der Waals surface area (Å²) in [5, 5.41) is 4.06. The van der Waals surface area contributed by atoms with E-state index < -0.39 is 16.7 Å². The number of aryl methyl sites for hydroxylation is 1. The highest BCUT2D eigenvalue weighted by Gasteiger charge is 2.54. The number of halogens is 1. The van der Waals surface area contributed by atoms with E-state index in [4.69, 9.17) is 9.51 Å². The van der Waals surface area contributed by atoms with Gasteiger partial charge in [-0.1, -0.05) is 24.2 Å². The molecule has 34 heavy (non-hydrogen) atoms. The molecule has 8 nitrogen and oxygen atoms in total. The van der Waals surface area contributed by atoms with Gasteiger partial charge in [0.05, 0.1) is 23.1 Å². The lowest BCUT2D eigenvalue weighted by molar-refractivity contribution is 0.188. The molecule has 0 bridgehead atoms. The van der Waals surface area contributed by atoms with Gasteiger partial charge in [0.25, 0.3) is 5.56 Å². The van der Waals surface area contributed by atoms with Crippen LogP contribution >= 0.6 is 0 Å². The van der Waals surface area contributed by atoms with Crippen LogP contribution < -0.4 is 11.2 Å². The van der Waals surface area contributed by atoms with Crippen molar-refractivity contribution in [3.8, 4) is 11.3 Å². The number of nitrogens with one attached hydrogen (secondary N) is 2. The molecule has 2 aliphatic carbocycles. The van der Waals surface area contributed by atoms with E-state index in [0.29, 0.717) is 29.9 Å². The Labute approximate surface area is 193 Å². The molecular formula is C25H22FN5O3. The van der Waals surface area contributed by atoms with Crippen molar-refractivity contribution in [3.63, 3.8) is 0 Å². The zero-order valence-corrected chi connectivity index (χ0v) is 18.7. The number of hydrogen-bond donors (Lipinski definition) is 2. The molecule has 4 aromatic rings. The van der Waals surface area contributed by atoms with E-state index in [1.54, 1.807) is 13.1 Å². The van der Waals surface area contributed by atoms with Gasteiger partial charge in [-0.3, -0.25) is 9.78 Å². The number of H-pyrrole nitrogens is 2. The van der Waals surface area contributed by atoms with E-state index in [1.807, 2.05) is 12.1 Å². The summed E-state index contributed by atoms with van der Waals surface area (Å²) in [5.74, 6) is 1.29. The Balaban J connectivity index is 1.68. The minimum absolute atomic E-state index is 0.0691. The van der Waals surface area contributed by atoms with Gasteiger partial charge < -0.3 is 9.51 Å². The van der Waals surface area contributed by atoms with Gasteiger partial charge in [0.15, 0.2) is 0 Å². The summed E-state index contributed by atoms with van der Waals surface area (Å²) in [6, 6.07) is 6.61. The van der Waals surface area contributed by atoms with Crippen molar-refractivity contribution >= 4 is 0 Å². The van der Waals surface area contributed by atoms with Crippen LogP contribution in [-0.2, 0) is 18.3 Å². The maximum atomic E-state index is 13.9. The summed E-state index contributed by atoms with van der Waals surface area (Å²) in [7, 11) is 0. The van der Waals surface area contributed by atoms with Gasteiger partial charge in [0.1, 0.15) is 17.4 Å². The Morgan fingerprint density at radius 3 is 2.74 bits per heavy atom. The molecule has 0 aliphatic heterocycles. The van der Waals surface area contributed by atoms with Crippen LogP contribution in [0.2, 0.25) is 0 Å². The molecule has 2 aliphatic rings. The predicted molar refractivity (Wildman–Crippen MR) is 121 cm³/mol. The summed E-state index contributed by atoms with van der Waals surface area (Å²) < 4.78 is 19.6. The minimum Gasteiger partial charge on any atom is -0.361 e. The fourth-order valence-electron chi connectivity index (χ4n) is 6.08. The summed E-state index contributed by atoms with van der Waals surface area (Å²) in [6.45, 7) is 3.93. The zero-order valence-electron chi connectivity index (χ0n) is 18.7. The van der Waals surface area contributed by atoms with E-state index >= 15 is 0 Å². The van der Waals surface area contributed by atoms with Crippen LogP contribution in [0.25, 0.3) is 11.3 Å². The fraction of sp³-hybridized carbons (Fsp3) is 0.320. The van der Waals surface area contributed by atoms with Crippen molar-refractivity contribution in [3.05, 3.63) is 97.3 Å². The number of fused-ring (bicyclic) bond motifs is 4. The molecule has 2 N–H and O–H groups in total. The van der Waals surface area contributed by atoms with E-state index in [9.17, 15) is 14.0 Å². The zero-order chi connectivity index (χ0) is 23.6. The topological polar surface area (TPSA) is 118 Å². The molecule has 0 saturated heterocycles. The normalized spacial score (nSPS) is 23.1. The smallest absolute Gasteiger partial charge is 0.325 e. The van der Waals surface area contributed by atoms with Crippen molar-refractivity contribution in [2.45, 2.75) is 44.4 Å². The molecule has 6 rings (SSSR count). The molecule has 3 atom stereocenters. The Bertz CT molecular complexity index is 1540. The average Bonchev–Trinajstić information content (AvgIpc) is 3.28. The molecule has 0 spiro atoms. The molecule has 3 heterocycles. The number of aromatic amines is 2. The molecule has 0 saturated carbocycles. The molecule has 1 aromatic carbocycles. The van der Waals surface area contributed by atoms with Crippen molar-refractivity contribution in [2.24, 2.45) is 5.92 Å². The van der Waals surface area contributed by atoms with Crippen LogP contribution in [0.4, 0.5) is 4.39 Å². The molecule has 0 unspecified atom stereocenters. The second kappa shape index (κ2) is 7.31. The lowest BCUT2D eigenvalue weighted by Crippen LogP contribution is -2.48. The van der Waals surface area contributed by atoms with Crippen LogP contribution in [0.1, 0.15) is 53.2 Å². The van der Waals surface area contributed by atoms with E-state index in [-0.39, 0.29) is 17.7 Å². The van der Waals surface area contributed by atoms with Crippen LogP contribution in [0, 0.1) is 18.7 Å². The second-order valence-electron chi connectivity index (χ2n) is 9.24. The molecule has 9 heteroatoms. The Morgan fingerprint density at radius 2 is 1.97 bits per heavy atom. The maximum absolute atomic E-state index is 13.9. The number of hydrogen-bond acceptors (Lipinski definition) is 6. The minimum atomic E-state index is -0.573. The highest BCUT2D eigenvalue weighted by Crippen LogP contribution is 2.57. The van der Waals surface area contributed by atoms with E-state index in [1.165, 1.54) is 18.3 Å². The average molecular weight is 459 g/mol. The van der Waals surface area contributed by atoms with Crippen LogP contribution in [0.3, 0.4) is 0 Å². The maximum Gasteiger partial charge on any atom is 0.325 e. The Hall–Kier alpha value is -3.88. The molecular weight excluding hydrogens is 437 g/mol. The van der Waals surface area contributed by atoms with E-state index in [2.05, 4.69) is 27.0 Å². The molecule has 172 valence electrons. The van der Waals surface area contributed by atoms with Crippen molar-refractivity contribution < 1.29 is 8.91 Å². The third-order valence-corrected chi connectivity index (χ3v) is 7.48. The molecule has 3 aromatic heterocycles. The summed E-state index contributed by atoms with van der Waals surface area (Å²) >= 11 is 0. The molecule has 0 fully saturated rings. The number of rotatable bonds is 2. The van der Waals surface area contributed by atoms with Crippen LogP contribution in [0.15, 0.2) is 50.8 Å². The SMILES string of the molecule is Cc1nc(-c2c[nH]c(=O)[nH]c2=O)c2c(n1)[C@@]1(c3ccc(F)cc3)Cc3cnoc3[C@@H](C)[C@@H]1CC2. The number of nitrogens with zero attached hydrogens (tertiary/aromatic N) is 3. The third kappa shape index (κ3) is 2.85. The van der Waals surface area contributed by atoms with Gasteiger partial charge in [-0.15, -0.1) is 0 Å². The summed E-state index contributed by atoms with van der Waals surface area (Å²) in [6.07, 6.45) is 5.21.